The van der Waals surface area contributed by atoms with Crippen LogP contribution in [0.5, 0.6) is 0 Å². The van der Waals surface area contributed by atoms with Crippen LogP contribution in [-0.2, 0) is 16.1 Å². The molecule has 6 heteroatoms. The lowest BCUT2D eigenvalue weighted by atomic mass is 10.1. The van der Waals surface area contributed by atoms with E-state index in [4.69, 9.17) is 0 Å². The molecule has 25 heavy (non-hydrogen) atoms. The number of imidazole rings is 1. The smallest absolute Gasteiger partial charge is 0.225 e. The molecule has 3 rings (SSSR count). The molecule has 1 aromatic carbocycles. The molecule has 0 unspecified atom stereocenters. The van der Waals surface area contributed by atoms with Crippen molar-refractivity contribution in [3.05, 3.63) is 48.5 Å². The number of benzene rings is 1. The highest BCUT2D eigenvalue weighted by Gasteiger charge is 2.34. The highest BCUT2D eigenvalue weighted by atomic mass is 16.2. The fourth-order valence-corrected chi connectivity index (χ4v) is 3.21. The lowest BCUT2D eigenvalue weighted by Gasteiger charge is -2.18. The highest BCUT2D eigenvalue weighted by Crippen LogP contribution is 2.20. The van der Waals surface area contributed by atoms with Gasteiger partial charge in [-0.2, -0.15) is 0 Å². The Kier molecular flexibility index (Phi) is 5.16. The predicted octanol–water partition coefficient (Wildman–Crippen LogP) is 1.99. The number of amides is 2. The first kappa shape index (κ1) is 17.2. The first-order valence-electron chi connectivity index (χ1n) is 8.66. The van der Waals surface area contributed by atoms with E-state index in [9.17, 15) is 9.59 Å². The van der Waals surface area contributed by atoms with Crippen molar-refractivity contribution in [2.75, 3.05) is 13.1 Å². The van der Waals surface area contributed by atoms with Crippen LogP contribution in [0.4, 0.5) is 0 Å². The van der Waals surface area contributed by atoms with Gasteiger partial charge in [-0.05, 0) is 17.5 Å². The molecule has 1 aromatic heterocycles. The van der Waals surface area contributed by atoms with Crippen LogP contribution < -0.4 is 5.32 Å². The standard InChI is InChI=1S/C19H24N4O2/c1-14(2)11-23-12-16(9-18(23)24)19(25)21-10-15-5-3-4-6-17(15)22-8-7-20-13-22/h3-8,13-14,16H,9-12H2,1-2H3,(H,21,25)/t16-/m1/s1. The molecule has 2 aromatic rings. The monoisotopic (exact) mass is 340 g/mol. The minimum Gasteiger partial charge on any atom is -0.352 e. The fraction of sp³-hybridized carbons (Fsp3) is 0.421. The van der Waals surface area contributed by atoms with Gasteiger partial charge in [-0.3, -0.25) is 9.59 Å². The van der Waals surface area contributed by atoms with Crippen molar-refractivity contribution < 1.29 is 9.59 Å². The molecule has 0 bridgehead atoms. The Labute approximate surface area is 147 Å². The summed E-state index contributed by atoms with van der Waals surface area (Å²) in [6.45, 7) is 5.82. The molecule has 2 heterocycles. The van der Waals surface area contributed by atoms with Crippen LogP contribution in [0.3, 0.4) is 0 Å². The molecule has 1 atom stereocenters. The van der Waals surface area contributed by atoms with Crippen molar-refractivity contribution in [3.8, 4) is 5.69 Å². The third-order valence-electron chi connectivity index (χ3n) is 4.40. The topological polar surface area (TPSA) is 67.2 Å². The number of hydrogen-bond acceptors (Lipinski definition) is 3. The summed E-state index contributed by atoms with van der Waals surface area (Å²) in [5.74, 6) is 0.173. The largest absolute Gasteiger partial charge is 0.352 e. The van der Waals surface area contributed by atoms with Gasteiger partial charge in [-0.25, -0.2) is 4.98 Å². The number of hydrogen-bond donors (Lipinski definition) is 1. The van der Waals surface area contributed by atoms with Gasteiger partial charge in [0.25, 0.3) is 0 Å². The second-order valence-electron chi connectivity index (χ2n) is 6.91. The SMILES string of the molecule is CC(C)CN1C[C@H](C(=O)NCc2ccccc2-n2ccnc2)CC1=O. The van der Waals surface area contributed by atoms with Crippen molar-refractivity contribution in [2.24, 2.45) is 11.8 Å². The number of rotatable bonds is 6. The summed E-state index contributed by atoms with van der Waals surface area (Å²) in [6.07, 6.45) is 5.64. The lowest BCUT2D eigenvalue weighted by Crippen LogP contribution is -2.34. The summed E-state index contributed by atoms with van der Waals surface area (Å²) in [6, 6.07) is 7.89. The Morgan fingerprint density at radius 3 is 2.88 bits per heavy atom. The zero-order chi connectivity index (χ0) is 17.8. The first-order chi connectivity index (χ1) is 12.0. The number of carbonyl (C=O) groups excluding carboxylic acids is 2. The number of para-hydroxylation sites is 1. The van der Waals surface area contributed by atoms with Gasteiger partial charge in [-0.1, -0.05) is 32.0 Å². The van der Waals surface area contributed by atoms with Crippen LogP contribution in [0.2, 0.25) is 0 Å². The number of likely N-dealkylation sites (tertiary alicyclic amines) is 1. The maximum Gasteiger partial charge on any atom is 0.225 e. The highest BCUT2D eigenvalue weighted by molar-refractivity contribution is 5.89. The second kappa shape index (κ2) is 7.51. The number of carbonyl (C=O) groups is 2. The zero-order valence-corrected chi connectivity index (χ0v) is 14.7. The van der Waals surface area contributed by atoms with Crippen molar-refractivity contribution >= 4 is 11.8 Å². The van der Waals surface area contributed by atoms with E-state index >= 15 is 0 Å². The molecule has 0 saturated carbocycles. The molecule has 1 fully saturated rings. The summed E-state index contributed by atoms with van der Waals surface area (Å²) >= 11 is 0. The van der Waals surface area contributed by atoms with Gasteiger partial charge in [-0.15, -0.1) is 0 Å². The molecule has 1 saturated heterocycles. The third kappa shape index (κ3) is 4.07. The van der Waals surface area contributed by atoms with E-state index in [1.54, 1.807) is 17.4 Å². The van der Waals surface area contributed by atoms with Crippen molar-refractivity contribution in [1.82, 2.24) is 19.8 Å². The van der Waals surface area contributed by atoms with Crippen molar-refractivity contribution in [2.45, 2.75) is 26.8 Å². The van der Waals surface area contributed by atoms with E-state index < -0.39 is 0 Å². The van der Waals surface area contributed by atoms with Gasteiger partial charge in [0, 0.05) is 38.4 Å². The summed E-state index contributed by atoms with van der Waals surface area (Å²) in [5.41, 5.74) is 2.00. The van der Waals surface area contributed by atoms with Crippen LogP contribution in [-0.4, -0.2) is 39.4 Å². The Morgan fingerprint density at radius 2 is 2.16 bits per heavy atom. The van der Waals surface area contributed by atoms with Gasteiger partial charge in [0.15, 0.2) is 0 Å². The first-order valence-corrected chi connectivity index (χ1v) is 8.66. The summed E-state index contributed by atoms with van der Waals surface area (Å²) in [5, 5.41) is 2.99. The molecule has 0 radical (unpaired) electrons. The quantitative estimate of drug-likeness (QED) is 0.874. The average Bonchev–Trinajstić information content (AvgIpc) is 3.23. The average molecular weight is 340 g/mol. The van der Waals surface area contributed by atoms with E-state index in [0.717, 1.165) is 11.3 Å². The third-order valence-corrected chi connectivity index (χ3v) is 4.40. The molecule has 1 aliphatic heterocycles. The van der Waals surface area contributed by atoms with E-state index in [-0.39, 0.29) is 17.7 Å². The molecule has 2 amide bonds. The van der Waals surface area contributed by atoms with Crippen LogP contribution in [0.25, 0.3) is 5.69 Å². The maximum absolute atomic E-state index is 12.5. The minimum absolute atomic E-state index is 0.0555. The lowest BCUT2D eigenvalue weighted by molar-refractivity contribution is -0.129. The minimum atomic E-state index is -0.258. The number of aromatic nitrogens is 2. The summed E-state index contributed by atoms with van der Waals surface area (Å²) in [7, 11) is 0. The zero-order valence-electron chi connectivity index (χ0n) is 14.7. The molecule has 6 nitrogen and oxygen atoms in total. The molecule has 1 N–H and O–H groups in total. The van der Waals surface area contributed by atoms with Crippen LogP contribution in [0.15, 0.2) is 43.0 Å². The molecule has 0 spiro atoms. The van der Waals surface area contributed by atoms with Crippen molar-refractivity contribution in [1.29, 1.82) is 0 Å². The molecule has 132 valence electrons. The van der Waals surface area contributed by atoms with Crippen LogP contribution >= 0.6 is 0 Å². The summed E-state index contributed by atoms with van der Waals surface area (Å²) < 4.78 is 1.92. The van der Waals surface area contributed by atoms with Crippen molar-refractivity contribution in [3.63, 3.8) is 0 Å². The Morgan fingerprint density at radius 1 is 1.36 bits per heavy atom. The normalized spacial score (nSPS) is 17.3. The van der Waals surface area contributed by atoms with Gasteiger partial charge in [0.05, 0.1) is 17.9 Å². The number of nitrogens with one attached hydrogen (secondary N) is 1. The Bertz CT molecular complexity index is 740. The molecule has 0 aliphatic carbocycles. The number of nitrogens with zero attached hydrogens (tertiary/aromatic N) is 3. The fourth-order valence-electron chi connectivity index (χ4n) is 3.21. The van der Waals surface area contributed by atoms with Gasteiger partial charge in [0.1, 0.15) is 0 Å². The molecular formula is C19H24N4O2. The maximum atomic E-state index is 12.5. The second-order valence-corrected chi connectivity index (χ2v) is 6.91. The van der Waals surface area contributed by atoms with Gasteiger partial charge in [0.2, 0.25) is 11.8 Å². The van der Waals surface area contributed by atoms with Gasteiger partial charge < -0.3 is 14.8 Å². The van der Waals surface area contributed by atoms with Crippen LogP contribution in [0.1, 0.15) is 25.8 Å². The van der Waals surface area contributed by atoms with E-state index in [1.165, 1.54) is 0 Å². The van der Waals surface area contributed by atoms with E-state index in [2.05, 4.69) is 24.1 Å². The molecular weight excluding hydrogens is 316 g/mol. The van der Waals surface area contributed by atoms with E-state index in [0.29, 0.717) is 32.0 Å². The predicted molar refractivity (Wildman–Crippen MR) is 94.9 cm³/mol. The Balaban J connectivity index is 1.61. The summed E-state index contributed by atoms with van der Waals surface area (Å²) in [4.78, 5) is 30.4. The van der Waals surface area contributed by atoms with Crippen LogP contribution in [0, 0.1) is 11.8 Å². The Hall–Kier alpha value is -2.63. The van der Waals surface area contributed by atoms with E-state index in [1.807, 2.05) is 35.0 Å². The van der Waals surface area contributed by atoms with Gasteiger partial charge >= 0.3 is 0 Å². The molecule has 1 aliphatic rings.